The van der Waals surface area contributed by atoms with Crippen molar-refractivity contribution < 1.29 is 9.53 Å². The molecule has 2 heterocycles. The van der Waals surface area contributed by atoms with Gasteiger partial charge in [-0.15, -0.1) is 11.3 Å². The Kier molecular flexibility index (Phi) is 4.00. The Balaban J connectivity index is 1.93. The second-order valence-electron chi connectivity index (χ2n) is 3.96. The summed E-state index contributed by atoms with van der Waals surface area (Å²) in [7, 11) is 1.83. The molecule has 1 fully saturated rings. The van der Waals surface area contributed by atoms with Gasteiger partial charge in [0.05, 0.1) is 15.5 Å². The Labute approximate surface area is 108 Å². The Hall–Kier alpha value is -0.390. The second-order valence-corrected chi connectivity index (χ2v) is 6.25. The Bertz CT molecular complexity index is 374. The molecule has 1 aliphatic rings. The number of nitrogens with zero attached hydrogens (tertiary/aromatic N) is 1. The lowest BCUT2D eigenvalue weighted by atomic mass is 10.2. The number of hydrogen-bond acceptors (Lipinski definition) is 3. The Morgan fingerprint density at radius 1 is 1.75 bits per heavy atom. The molecule has 0 spiro atoms. The Morgan fingerprint density at radius 2 is 2.56 bits per heavy atom. The molecule has 5 heteroatoms. The molecule has 2 rings (SSSR count). The van der Waals surface area contributed by atoms with Crippen molar-refractivity contribution in [2.75, 3.05) is 20.2 Å². The normalized spacial score (nSPS) is 20.0. The summed E-state index contributed by atoms with van der Waals surface area (Å²) in [6.07, 6.45) is 2.39. The summed E-state index contributed by atoms with van der Waals surface area (Å²) >= 11 is 4.89. The molecule has 1 amide bonds. The van der Waals surface area contributed by atoms with E-state index in [0.29, 0.717) is 6.54 Å². The van der Waals surface area contributed by atoms with Crippen molar-refractivity contribution in [1.82, 2.24) is 4.90 Å². The van der Waals surface area contributed by atoms with E-state index in [9.17, 15) is 4.79 Å². The first-order valence-corrected chi connectivity index (χ1v) is 6.95. The quantitative estimate of drug-likeness (QED) is 0.859. The number of carbonyl (C=O) groups is 1. The van der Waals surface area contributed by atoms with Crippen LogP contribution >= 0.6 is 27.3 Å². The highest BCUT2D eigenvalue weighted by molar-refractivity contribution is 9.11. The van der Waals surface area contributed by atoms with Crippen LogP contribution in [0.25, 0.3) is 0 Å². The molecule has 0 bridgehead atoms. The SMILES string of the molecule is CN(CC1CCCO1)C(=O)c1csc(Br)c1. The van der Waals surface area contributed by atoms with Gasteiger partial charge in [-0.2, -0.15) is 0 Å². The van der Waals surface area contributed by atoms with E-state index in [1.54, 1.807) is 4.90 Å². The summed E-state index contributed by atoms with van der Waals surface area (Å²) in [5.41, 5.74) is 0.748. The maximum absolute atomic E-state index is 12.0. The predicted molar refractivity (Wildman–Crippen MR) is 68.0 cm³/mol. The first kappa shape index (κ1) is 12.1. The highest BCUT2D eigenvalue weighted by atomic mass is 79.9. The average molecular weight is 304 g/mol. The van der Waals surface area contributed by atoms with Crippen molar-refractivity contribution in [2.45, 2.75) is 18.9 Å². The van der Waals surface area contributed by atoms with Crippen molar-refractivity contribution >= 4 is 33.2 Å². The van der Waals surface area contributed by atoms with Gasteiger partial charge >= 0.3 is 0 Å². The summed E-state index contributed by atoms with van der Waals surface area (Å²) < 4.78 is 6.50. The average Bonchev–Trinajstić information content (AvgIpc) is 2.88. The molecule has 0 aliphatic carbocycles. The van der Waals surface area contributed by atoms with Crippen molar-refractivity contribution in [2.24, 2.45) is 0 Å². The molecular weight excluding hydrogens is 290 g/mol. The van der Waals surface area contributed by atoms with Crippen LogP contribution in [0.1, 0.15) is 23.2 Å². The van der Waals surface area contributed by atoms with Gasteiger partial charge in [0.2, 0.25) is 0 Å². The van der Waals surface area contributed by atoms with Crippen molar-refractivity contribution in [3.05, 3.63) is 20.8 Å². The van der Waals surface area contributed by atoms with E-state index < -0.39 is 0 Å². The molecule has 16 heavy (non-hydrogen) atoms. The molecule has 3 nitrogen and oxygen atoms in total. The largest absolute Gasteiger partial charge is 0.376 e. The van der Waals surface area contributed by atoms with Crippen molar-refractivity contribution in [3.8, 4) is 0 Å². The first-order valence-electron chi connectivity index (χ1n) is 5.28. The van der Waals surface area contributed by atoms with Crippen LogP contribution in [0, 0.1) is 0 Å². The van der Waals surface area contributed by atoms with Crippen LogP contribution < -0.4 is 0 Å². The van der Waals surface area contributed by atoms with Crippen LogP contribution in [-0.4, -0.2) is 37.1 Å². The third-order valence-electron chi connectivity index (χ3n) is 2.66. The van der Waals surface area contributed by atoms with Gasteiger partial charge in [0.1, 0.15) is 0 Å². The van der Waals surface area contributed by atoms with E-state index in [2.05, 4.69) is 15.9 Å². The van der Waals surface area contributed by atoms with Gasteiger partial charge in [-0.25, -0.2) is 0 Å². The number of amides is 1. The lowest BCUT2D eigenvalue weighted by Crippen LogP contribution is -2.33. The third-order valence-corrected chi connectivity index (χ3v) is 4.17. The van der Waals surface area contributed by atoms with Crippen LogP contribution in [0.5, 0.6) is 0 Å². The first-order chi connectivity index (χ1) is 7.66. The summed E-state index contributed by atoms with van der Waals surface area (Å²) in [6, 6.07) is 1.86. The molecule has 88 valence electrons. The Morgan fingerprint density at radius 3 is 3.12 bits per heavy atom. The predicted octanol–water partition coefficient (Wildman–Crippen LogP) is 2.76. The summed E-state index contributed by atoms with van der Waals surface area (Å²) in [5.74, 6) is 0.0671. The number of thiophene rings is 1. The molecule has 1 saturated heterocycles. The third kappa shape index (κ3) is 2.84. The van der Waals surface area contributed by atoms with Gasteiger partial charge < -0.3 is 9.64 Å². The van der Waals surface area contributed by atoms with Crippen molar-refractivity contribution in [3.63, 3.8) is 0 Å². The highest BCUT2D eigenvalue weighted by Gasteiger charge is 2.21. The van der Waals surface area contributed by atoms with Crippen molar-refractivity contribution in [1.29, 1.82) is 0 Å². The lowest BCUT2D eigenvalue weighted by Gasteiger charge is -2.20. The molecule has 0 saturated carbocycles. The summed E-state index contributed by atoms with van der Waals surface area (Å²) in [4.78, 5) is 13.7. The minimum atomic E-state index is 0.0671. The molecule has 1 atom stereocenters. The van der Waals surface area contributed by atoms with Crippen LogP contribution in [0.4, 0.5) is 0 Å². The monoisotopic (exact) mass is 303 g/mol. The maximum atomic E-state index is 12.0. The fourth-order valence-corrected chi connectivity index (χ4v) is 2.95. The van der Waals surface area contributed by atoms with E-state index in [1.165, 1.54) is 11.3 Å². The highest BCUT2D eigenvalue weighted by Crippen LogP contribution is 2.22. The van der Waals surface area contributed by atoms with Gasteiger partial charge in [0, 0.05) is 25.6 Å². The van der Waals surface area contributed by atoms with Crippen LogP contribution in [0.15, 0.2) is 15.2 Å². The fraction of sp³-hybridized carbons (Fsp3) is 0.545. The molecule has 1 aromatic rings. The van der Waals surface area contributed by atoms with Gasteiger partial charge in [-0.3, -0.25) is 4.79 Å². The standard InChI is InChI=1S/C11H14BrNO2S/c1-13(6-9-3-2-4-15-9)11(14)8-5-10(12)16-7-8/h5,7,9H,2-4,6H2,1H3. The van der Waals surface area contributed by atoms with Gasteiger partial charge in [0.25, 0.3) is 5.91 Å². The number of rotatable bonds is 3. The van der Waals surface area contributed by atoms with Gasteiger partial charge in [-0.1, -0.05) is 0 Å². The van der Waals surface area contributed by atoms with E-state index >= 15 is 0 Å². The number of hydrogen-bond donors (Lipinski definition) is 0. The van der Waals surface area contributed by atoms with E-state index in [-0.39, 0.29) is 12.0 Å². The molecule has 1 unspecified atom stereocenters. The lowest BCUT2D eigenvalue weighted by molar-refractivity contribution is 0.0587. The molecule has 1 aliphatic heterocycles. The molecule has 0 N–H and O–H groups in total. The molecule has 0 radical (unpaired) electrons. The zero-order valence-corrected chi connectivity index (χ0v) is 11.5. The topological polar surface area (TPSA) is 29.5 Å². The van der Waals surface area contributed by atoms with E-state index in [4.69, 9.17) is 4.74 Å². The number of likely N-dealkylation sites (N-methyl/N-ethyl adjacent to an activating group) is 1. The minimum Gasteiger partial charge on any atom is -0.376 e. The fourth-order valence-electron chi connectivity index (χ4n) is 1.82. The van der Waals surface area contributed by atoms with E-state index in [0.717, 1.165) is 28.8 Å². The zero-order valence-electron chi connectivity index (χ0n) is 9.11. The number of halogens is 1. The van der Waals surface area contributed by atoms with Gasteiger partial charge in [0.15, 0.2) is 0 Å². The second kappa shape index (κ2) is 5.29. The maximum Gasteiger partial charge on any atom is 0.254 e. The van der Waals surface area contributed by atoms with Gasteiger partial charge in [-0.05, 0) is 34.8 Å². The molecule has 1 aromatic heterocycles. The summed E-state index contributed by atoms with van der Waals surface area (Å²) in [6.45, 7) is 1.52. The van der Waals surface area contributed by atoms with Crippen LogP contribution in [-0.2, 0) is 4.74 Å². The smallest absolute Gasteiger partial charge is 0.254 e. The van der Waals surface area contributed by atoms with Crippen LogP contribution in [0.2, 0.25) is 0 Å². The van der Waals surface area contributed by atoms with Crippen LogP contribution in [0.3, 0.4) is 0 Å². The van der Waals surface area contributed by atoms with E-state index in [1.807, 2.05) is 18.5 Å². The zero-order chi connectivity index (χ0) is 11.5. The molecular formula is C11H14BrNO2S. The number of ether oxygens (including phenoxy) is 1. The number of carbonyl (C=O) groups excluding carboxylic acids is 1. The molecule has 0 aromatic carbocycles. The summed E-state index contributed by atoms with van der Waals surface area (Å²) in [5, 5.41) is 1.87. The minimum absolute atomic E-state index is 0.0671.